The summed E-state index contributed by atoms with van der Waals surface area (Å²) in [6, 6.07) is 7.86. The molecule has 0 heterocycles. The molecule has 0 aliphatic heterocycles. The van der Waals surface area contributed by atoms with E-state index in [0.717, 1.165) is 42.3 Å². The number of amides is 2. The molecular formula is C23H36BrFN2O3. The predicted molar refractivity (Wildman–Crippen MR) is 123 cm³/mol. The Morgan fingerprint density at radius 1 is 1.10 bits per heavy atom. The zero-order valence-corrected chi connectivity index (χ0v) is 19.4. The number of ether oxygens (including phenoxy) is 1. The summed E-state index contributed by atoms with van der Waals surface area (Å²) in [5.74, 6) is 0. The highest BCUT2D eigenvalue weighted by molar-refractivity contribution is 9.09. The average molecular weight is 487 g/mol. The summed E-state index contributed by atoms with van der Waals surface area (Å²) < 4.78 is 18.2. The second-order valence-corrected chi connectivity index (χ2v) is 8.77. The molecule has 1 aliphatic carbocycles. The monoisotopic (exact) mass is 486 g/mol. The van der Waals surface area contributed by atoms with Gasteiger partial charge in [-0.3, -0.25) is 0 Å². The molecule has 1 saturated carbocycles. The lowest BCUT2D eigenvalue weighted by Gasteiger charge is -2.23. The van der Waals surface area contributed by atoms with Gasteiger partial charge in [0.2, 0.25) is 0 Å². The van der Waals surface area contributed by atoms with Crippen LogP contribution in [0.25, 0.3) is 0 Å². The minimum atomic E-state index is -0.158. The number of unbranched alkanes of at least 4 members (excludes halogenated alkanes) is 3. The third-order valence-electron chi connectivity index (χ3n) is 5.49. The third-order valence-corrected chi connectivity index (χ3v) is 6.05. The van der Waals surface area contributed by atoms with Gasteiger partial charge in [-0.25, -0.2) is 4.79 Å². The Morgan fingerprint density at radius 2 is 1.90 bits per heavy atom. The maximum atomic E-state index is 12.4. The van der Waals surface area contributed by atoms with Gasteiger partial charge < -0.3 is 15.4 Å². The van der Waals surface area contributed by atoms with Crippen molar-refractivity contribution >= 4 is 27.6 Å². The van der Waals surface area contributed by atoms with E-state index in [1.165, 1.54) is 32.1 Å². The summed E-state index contributed by atoms with van der Waals surface area (Å²) in [7, 11) is 0. The lowest BCUT2D eigenvalue weighted by molar-refractivity contribution is -0.135. The normalized spacial score (nSPS) is 15.7. The first-order valence-electron chi connectivity index (χ1n) is 11.3. The molecule has 5 nitrogen and oxygen atoms in total. The highest BCUT2D eigenvalue weighted by Crippen LogP contribution is 2.26. The zero-order valence-electron chi connectivity index (χ0n) is 17.8. The van der Waals surface area contributed by atoms with Crippen molar-refractivity contribution in [3.05, 3.63) is 29.8 Å². The van der Waals surface area contributed by atoms with Crippen LogP contribution in [0.1, 0.15) is 82.3 Å². The fourth-order valence-corrected chi connectivity index (χ4v) is 4.26. The summed E-state index contributed by atoms with van der Waals surface area (Å²) in [5, 5.41) is 7.06. The van der Waals surface area contributed by atoms with Crippen LogP contribution in [0.2, 0.25) is 0 Å². The van der Waals surface area contributed by atoms with Crippen LogP contribution in [0.15, 0.2) is 24.3 Å². The van der Waals surface area contributed by atoms with Crippen LogP contribution in [0.3, 0.4) is 0 Å². The number of hydrogen-bond acceptors (Lipinski definition) is 3. The fourth-order valence-electron chi connectivity index (χ4n) is 3.86. The number of hydrogen-bond donors (Lipinski definition) is 2. The molecule has 0 saturated heterocycles. The van der Waals surface area contributed by atoms with Crippen LogP contribution >= 0.6 is 15.9 Å². The number of halogens is 2. The molecule has 1 unspecified atom stereocenters. The minimum Gasteiger partial charge on any atom is -0.374 e. The number of carbonyl (C=O) groups excluding carboxylic acids is 1. The molecule has 1 aromatic rings. The Morgan fingerprint density at radius 3 is 2.67 bits per heavy atom. The summed E-state index contributed by atoms with van der Waals surface area (Å²) in [6.45, 7) is 0.732. The molecule has 2 N–H and O–H groups in total. The van der Waals surface area contributed by atoms with Gasteiger partial charge >= 0.3 is 6.03 Å². The number of rotatable bonds is 14. The Balaban J connectivity index is 1.88. The van der Waals surface area contributed by atoms with Crippen molar-refractivity contribution in [2.75, 3.05) is 23.9 Å². The van der Waals surface area contributed by atoms with Crippen molar-refractivity contribution in [1.29, 1.82) is 0 Å². The molecular weight excluding hydrogens is 451 g/mol. The second-order valence-electron chi connectivity index (χ2n) is 7.98. The number of anilines is 1. The lowest BCUT2D eigenvalue weighted by atomic mass is 9.96. The molecule has 1 fully saturated rings. The quantitative estimate of drug-likeness (QED) is 0.223. The van der Waals surface area contributed by atoms with E-state index >= 15 is 0 Å². The van der Waals surface area contributed by atoms with Crippen LogP contribution in [0.4, 0.5) is 15.0 Å². The maximum absolute atomic E-state index is 12.4. The molecule has 1 aromatic carbocycles. The van der Waals surface area contributed by atoms with Crippen LogP contribution in [0.5, 0.6) is 0 Å². The van der Waals surface area contributed by atoms with Gasteiger partial charge in [0.1, 0.15) is 0 Å². The van der Waals surface area contributed by atoms with Gasteiger partial charge in [0.05, 0.1) is 12.7 Å². The Labute approximate surface area is 188 Å². The average Bonchev–Trinajstić information content (AvgIpc) is 2.76. The molecule has 0 radical (unpaired) electrons. The van der Waals surface area contributed by atoms with Crippen molar-refractivity contribution in [2.45, 2.75) is 82.8 Å². The van der Waals surface area contributed by atoms with E-state index in [2.05, 4.69) is 31.5 Å². The summed E-state index contributed by atoms with van der Waals surface area (Å²) >= 11 is 3.45. The van der Waals surface area contributed by atoms with Crippen molar-refractivity contribution in [3.8, 4) is 0 Å². The lowest BCUT2D eigenvalue weighted by Crippen LogP contribution is -2.39. The van der Waals surface area contributed by atoms with Gasteiger partial charge in [0, 0.05) is 23.7 Å². The fraction of sp³-hybridized carbons (Fsp3) is 0.696. The van der Waals surface area contributed by atoms with E-state index in [-0.39, 0.29) is 24.8 Å². The Bertz CT molecular complexity index is 600. The standard InChI is InChI=1S/C23H36BrFN2O3/c24-15-6-1-2-7-16-29-22(14-9-17-30-25)19-10-8-13-21(18-19)27-23(28)26-20-11-4-3-5-12-20/h8,10,13,18,20,22H,1-7,9,11-12,14-17H2,(H2,26,27,28). The largest absolute Gasteiger partial charge is 0.374 e. The highest BCUT2D eigenvalue weighted by Gasteiger charge is 2.17. The highest BCUT2D eigenvalue weighted by atomic mass is 79.9. The summed E-state index contributed by atoms with van der Waals surface area (Å²) in [5.41, 5.74) is 1.73. The molecule has 0 aromatic heterocycles. The molecule has 2 rings (SSSR count). The Hall–Kier alpha value is -1.18. The molecule has 7 heteroatoms. The van der Waals surface area contributed by atoms with Gasteiger partial charge in [-0.1, -0.05) is 60.2 Å². The van der Waals surface area contributed by atoms with E-state index in [4.69, 9.17) is 4.74 Å². The summed E-state index contributed by atoms with van der Waals surface area (Å²) in [6.07, 6.45) is 11.3. The van der Waals surface area contributed by atoms with Crippen molar-refractivity contribution in [1.82, 2.24) is 5.32 Å². The van der Waals surface area contributed by atoms with Crippen LogP contribution in [0, 0.1) is 0 Å². The topological polar surface area (TPSA) is 59.6 Å². The van der Waals surface area contributed by atoms with Crippen molar-refractivity contribution in [3.63, 3.8) is 0 Å². The van der Waals surface area contributed by atoms with Gasteiger partial charge in [0.15, 0.2) is 0 Å². The smallest absolute Gasteiger partial charge is 0.319 e. The zero-order chi connectivity index (χ0) is 21.4. The second kappa shape index (κ2) is 15.6. The molecule has 2 amide bonds. The number of alkyl halides is 1. The number of urea groups is 1. The summed E-state index contributed by atoms with van der Waals surface area (Å²) in [4.78, 5) is 16.1. The molecule has 0 spiro atoms. The van der Waals surface area contributed by atoms with Gasteiger partial charge in [-0.15, -0.1) is 0 Å². The minimum absolute atomic E-state index is 0.0623. The third kappa shape index (κ3) is 10.2. The Kier molecular flexibility index (Phi) is 13.0. The van der Waals surface area contributed by atoms with E-state index in [1.807, 2.05) is 24.3 Å². The van der Waals surface area contributed by atoms with E-state index in [0.29, 0.717) is 19.4 Å². The van der Waals surface area contributed by atoms with Crippen molar-refractivity contribution < 1.29 is 19.0 Å². The molecule has 0 bridgehead atoms. The van der Waals surface area contributed by atoms with Crippen LogP contribution < -0.4 is 10.6 Å². The first-order valence-corrected chi connectivity index (χ1v) is 12.4. The first-order chi connectivity index (χ1) is 14.7. The number of benzene rings is 1. The first kappa shape index (κ1) is 25.1. The molecule has 1 atom stereocenters. The van der Waals surface area contributed by atoms with Crippen molar-refractivity contribution in [2.24, 2.45) is 0 Å². The molecule has 30 heavy (non-hydrogen) atoms. The van der Waals surface area contributed by atoms with Crippen LogP contribution in [-0.2, 0) is 9.68 Å². The van der Waals surface area contributed by atoms with Crippen LogP contribution in [-0.4, -0.2) is 30.6 Å². The number of nitrogens with one attached hydrogen (secondary N) is 2. The molecule has 1 aliphatic rings. The van der Waals surface area contributed by atoms with E-state index in [9.17, 15) is 9.32 Å². The molecule has 170 valence electrons. The van der Waals surface area contributed by atoms with Gasteiger partial charge in [-0.05, 0) is 60.7 Å². The van der Waals surface area contributed by atoms with E-state index < -0.39 is 0 Å². The maximum Gasteiger partial charge on any atom is 0.319 e. The SMILES string of the molecule is O=C(Nc1cccc(C(CCCOF)OCCCCCCBr)c1)NC1CCCCC1. The van der Waals surface area contributed by atoms with Gasteiger partial charge in [0.25, 0.3) is 0 Å². The number of carbonyl (C=O) groups is 1. The van der Waals surface area contributed by atoms with Gasteiger partial charge in [-0.2, -0.15) is 4.94 Å². The van der Waals surface area contributed by atoms with E-state index in [1.54, 1.807) is 0 Å². The predicted octanol–water partition coefficient (Wildman–Crippen LogP) is 6.84.